The van der Waals surface area contributed by atoms with E-state index >= 15 is 0 Å². The van der Waals surface area contributed by atoms with E-state index in [-0.39, 0.29) is 0 Å². The van der Waals surface area contributed by atoms with E-state index in [1.54, 1.807) is 6.20 Å². The Hall–Kier alpha value is -1.40. The largest absolute Gasteiger partial charge is 0.298 e. The van der Waals surface area contributed by atoms with Crippen LogP contribution in [0.15, 0.2) is 24.4 Å². The Morgan fingerprint density at radius 2 is 1.74 bits per heavy atom. The number of aromatic nitrogens is 1. The Labute approximate surface area is 142 Å². The van der Waals surface area contributed by atoms with Gasteiger partial charge in [0.2, 0.25) is 0 Å². The summed E-state index contributed by atoms with van der Waals surface area (Å²) in [5, 5.41) is 10.0. The molecule has 0 radical (unpaired) electrons. The predicted molar refractivity (Wildman–Crippen MR) is 97.2 cm³/mol. The van der Waals surface area contributed by atoms with Crippen LogP contribution in [-0.2, 0) is 5.41 Å². The van der Waals surface area contributed by atoms with Crippen LogP contribution in [0.25, 0.3) is 0 Å². The van der Waals surface area contributed by atoms with Gasteiger partial charge in [0.15, 0.2) is 0 Å². The normalized spacial score (nSPS) is 14.5. The van der Waals surface area contributed by atoms with Crippen LogP contribution in [-0.4, -0.2) is 28.5 Å². The van der Waals surface area contributed by atoms with Crippen molar-refractivity contribution in [3.8, 4) is 6.07 Å². The van der Waals surface area contributed by atoms with Gasteiger partial charge in [0.1, 0.15) is 5.41 Å². The van der Waals surface area contributed by atoms with Crippen molar-refractivity contribution in [2.45, 2.75) is 78.3 Å². The molecule has 1 aromatic rings. The molecule has 0 saturated heterocycles. The van der Waals surface area contributed by atoms with E-state index in [9.17, 15) is 5.26 Å². The molecule has 3 nitrogen and oxygen atoms in total. The van der Waals surface area contributed by atoms with Crippen molar-refractivity contribution in [3.05, 3.63) is 30.1 Å². The summed E-state index contributed by atoms with van der Waals surface area (Å²) >= 11 is 0. The standard InChI is InChI=1S/C20H33N3/c1-16(2)10-11-20(15-21,19-9-7-8-13-22-19)12-14-23(17(3)4)18(5)6/h7-9,13,16-18H,10-12,14H2,1-6H3/t20-/m0/s1. The van der Waals surface area contributed by atoms with E-state index in [0.29, 0.717) is 18.0 Å². The van der Waals surface area contributed by atoms with Gasteiger partial charge in [-0.3, -0.25) is 9.88 Å². The molecule has 3 heteroatoms. The molecule has 1 heterocycles. The molecule has 1 atom stereocenters. The van der Waals surface area contributed by atoms with Crippen LogP contribution in [0.4, 0.5) is 0 Å². The molecule has 0 bridgehead atoms. The van der Waals surface area contributed by atoms with Gasteiger partial charge in [0.05, 0.1) is 11.8 Å². The molecule has 0 aliphatic heterocycles. The van der Waals surface area contributed by atoms with E-state index < -0.39 is 5.41 Å². The average Bonchev–Trinajstić information content (AvgIpc) is 2.51. The van der Waals surface area contributed by atoms with Gasteiger partial charge in [0, 0.05) is 24.8 Å². The van der Waals surface area contributed by atoms with E-state index in [0.717, 1.165) is 31.5 Å². The van der Waals surface area contributed by atoms with E-state index in [1.165, 1.54) is 0 Å². The van der Waals surface area contributed by atoms with E-state index in [4.69, 9.17) is 0 Å². The number of pyridine rings is 1. The average molecular weight is 316 g/mol. The summed E-state index contributed by atoms with van der Waals surface area (Å²) < 4.78 is 0. The topological polar surface area (TPSA) is 39.9 Å². The maximum absolute atomic E-state index is 10.0. The highest BCUT2D eigenvalue weighted by Gasteiger charge is 2.34. The molecular weight excluding hydrogens is 282 g/mol. The fourth-order valence-corrected chi connectivity index (χ4v) is 3.16. The van der Waals surface area contributed by atoms with Crippen LogP contribution in [0.5, 0.6) is 0 Å². The number of hydrogen-bond donors (Lipinski definition) is 0. The van der Waals surface area contributed by atoms with Crippen LogP contribution in [0.3, 0.4) is 0 Å². The third-order valence-electron chi connectivity index (χ3n) is 4.64. The minimum Gasteiger partial charge on any atom is -0.298 e. The summed E-state index contributed by atoms with van der Waals surface area (Å²) in [7, 11) is 0. The molecule has 0 saturated carbocycles. The lowest BCUT2D eigenvalue weighted by molar-refractivity contribution is 0.160. The van der Waals surface area contributed by atoms with E-state index in [2.05, 4.69) is 57.5 Å². The van der Waals surface area contributed by atoms with Gasteiger partial charge >= 0.3 is 0 Å². The third kappa shape index (κ3) is 5.62. The number of nitriles is 1. The molecule has 0 aliphatic carbocycles. The second-order valence-corrected chi connectivity index (χ2v) is 7.52. The Morgan fingerprint density at radius 3 is 2.17 bits per heavy atom. The maximum atomic E-state index is 10.0. The number of hydrogen-bond acceptors (Lipinski definition) is 3. The second-order valence-electron chi connectivity index (χ2n) is 7.52. The van der Waals surface area contributed by atoms with Gasteiger partial charge in [-0.2, -0.15) is 5.26 Å². The summed E-state index contributed by atoms with van der Waals surface area (Å²) in [6.07, 6.45) is 4.57. The number of rotatable bonds is 9. The van der Waals surface area contributed by atoms with Crippen molar-refractivity contribution in [3.63, 3.8) is 0 Å². The fraction of sp³-hybridized carbons (Fsp3) is 0.700. The minimum absolute atomic E-state index is 0.479. The zero-order valence-corrected chi connectivity index (χ0v) is 15.7. The first-order valence-corrected chi connectivity index (χ1v) is 8.91. The molecule has 128 valence electrons. The maximum Gasteiger partial charge on any atom is 0.100 e. The lowest BCUT2D eigenvalue weighted by Gasteiger charge is -2.34. The molecule has 1 rings (SSSR count). The van der Waals surface area contributed by atoms with Gasteiger partial charge in [0.25, 0.3) is 0 Å². The van der Waals surface area contributed by atoms with Crippen molar-refractivity contribution in [1.82, 2.24) is 9.88 Å². The van der Waals surface area contributed by atoms with Gasteiger partial charge in [-0.25, -0.2) is 0 Å². The zero-order valence-electron chi connectivity index (χ0n) is 15.7. The van der Waals surface area contributed by atoms with Crippen molar-refractivity contribution >= 4 is 0 Å². The first-order chi connectivity index (χ1) is 10.8. The highest BCUT2D eigenvalue weighted by atomic mass is 15.2. The molecule has 0 aromatic carbocycles. The summed E-state index contributed by atoms with van der Waals surface area (Å²) in [5.41, 5.74) is 0.448. The lowest BCUT2D eigenvalue weighted by atomic mass is 9.76. The van der Waals surface area contributed by atoms with Crippen molar-refractivity contribution in [2.75, 3.05) is 6.54 Å². The quantitative estimate of drug-likeness (QED) is 0.658. The van der Waals surface area contributed by atoms with Crippen LogP contribution in [0, 0.1) is 17.2 Å². The van der Waals surface area contributed by atoms with Crippen molar-refractivity contribution in [2.24, 2.45) is 5.92 Å². The summed E-state index contributed by atoms with van der Waals surface area (Å²) in [5.74, 6) is 0.595. The number of nitrogens with zero attached hydrogens (tertiary/aromatic N) is 3. The second kappa shape index (κ2) is 9.03. The first-order valence-electron chi connectivity index (χ1n) is 8.91. The smallest absolute Gasteiger partial charge is 0.100 e. The van der Waals surface area contributed by atoms with Crippen molar-refractivity contribution < 1.29 is 0 Å². The van der Waals surface area contributed by atoms with Crippen LogP contribution >= 0.6 is 0 Å². The molecule has 23 heavy (non-hydrogen) atoms. The zero-order chi connectivity index (χ0) is 17.5. The van der Waals surface area contributed by atoms with E-state index in [1.807, 2.05) is 18.2 Å². The van der Waals surface area contributed by atoms with Crippen molar-refractivity contribution in [1.29, 1.82) is 5.26 Å². The van der Waals surface area contributed by atoms with Gasteiger partial charge in [-0.05, 0) is 65.0 Å². The molecule has 1 aromatic heterocycles. The molecule has 0 aliphatic rings. The Bertz CT molecular complexity index is 479. The lowest BCUT2D eigenvalue weighted by Crippen LogP contribution is -2.41. The monoisotopic (exact) mass is 315 g/mol. The Kier molecular flexibility index (Phi) is 7.72. The summed E-state index contributed by atoms with van der Waals surface area (Å²) in [4.78, 5) is 6.99. The first kappa shape index (κ1) is 19.6. The summed E-state index contributed by atoms with van der Waals surface area (Å²) in [6.45, 7) is 14.3. The SMILES string of the molecule is CC(C)CC[C@@](C#N)(CCN(C(C)C)C(C)C)c1ccccn1. The van der Waals surface area contributed by atoms with Gasteiger partial charge < -0.3 is 0 Å². The van der Waals surface area contributed by atoms with Gasteiger partial charge in [-0.1, -0.05) is 19.9 Å². The van der Waals surface area contributed by atoms with Crippen LogP contribution in [0.1, 0.15) is 66.5 Å². The molecule has 0 N–H and O–H groups in total. The minimum atomic E-state index is -0.479. The molecule has 0 spiro atoms. The van der Waals surface area contributed by atoms with Crippen LogP contribution < -0.4 is 0 Å². The molecule has 0 amide bonds. The predicted octanol–water partition coefficient (Wildman–Crippen LogP) is 4.79. The highest BCUT2D eigenvalue weighted by molar-refractivity contribution is 5.26. The molecular formula is C20H33N3. The Morgan fingerprint density at radius 1 is 1.09 bits per heavy atom. The molecule has 0 fully saturated rings. The third-order valence-corrected chi connectivity index (χ3v) is 4.64. The van der Waals surface area contributed by atoms with Crippen LogP contribution in [0.2, 0.25) is 0 Å². The van der Waals surface area contributed by atoms with Gasteiger partial charge in [-0.15, -0.1) is 0 Å². The summed E-state index contributed by atoms with van der Waals surface area (Å²) in [6, 6.07) is 9.53. The fourth-order valence-electron chi connectivity index (χ4n) is 3.16. The highest BCUT2D eigenvalue weighted by Crippen LogP contribution is 2.33. The molecule has 0 unspecified atom stereocenters. The Balaban J connectivity index is 3.02.